The first-order chi connectivity index (χ1) is 13.9. The molecule has 0 bridgehead atoms. The Bertz CT molecular complexity index is 877. The second-order valence-corrected chi connectivity index (χ2v) is 7.71. The van der Waals surface area contributed by atoms with Gasteiger partial charge in [-0.05, 0) is 0 Å². The lowest BCUT2D eigenvalue weighted by Gasteiger charge is -2.42. The van der Waals surface area contributed by atoms with Crippen LogP contribution in [0.2, 0.25) is 0 Å². The van der Waals surface area contributed by atoms with Crippen LogP contribution in [0.4, 0.5) is 79.4 Å². The number of halogens is 17. The van der Waals surface area contributed by atoms with Crippen LogP contribution in [-0.2, 0) is 10.0 Å². The highest BCUT2D eigenvalue weighted by atomic mass is 32.2. The molecule has 0 aliphatic carbocycles. The molecule has 0 fully saturated rings. The molecule has 0 atom stereocenters. The maximum Gasteiger partial charge on any atom is 0.460 e. The van der Waals surface area contributed by atoms with Crippen molar-refractivity contribution in [3.05, 3.63) is 0 Å². The quantitative estimate of drug-likeness (QED) is 0.429. The van der Waals surface area contributed by atoms with Crippen molar-refractivity contribution in [2.45, 2.75) is 47.0 Å². The summed E-state index contributed by atoms with van der Waals surface area (Å²) in [5.41, 5.74) is 0. The van der Waals surface area contributed by atoms with E-state index in [2.05, 4.69) is 0 Å². The zero-order chi connectivity index (χ0) is 27.7. The minimum Gasteiger partial charge on any atom is -0.529 e. The number of alkyl halides is 17. The highest BCUT2D eigenvalue weighted by molar-refractivity contribution is 7.90. The summed E-state index contributed by atoms with van der Waals surface area (Å²) in [6.45, 7) is 0. The maximum absolute atomic E-state index is 13.5. The second kappa shape index (κ2) is 7.52. The van der Waals surface area contributed by atoms with Crippen molar-refractivity contribution in [1.29, 1.82) is 0 Å². The third-order valence-electron chi connectivity index (χ3n) is 3.63. The van der Waals surface area contributed by atoms with Crippen molar-refractivity contribution >= 4 is 16.1 Å². The fraction of sp³-hybridized carbons (Fsp3) is 0.900. The summed E-state index contributed by atoms with van der Waals surface area (Å²) in [4.78, 5) is 10.2. The average Bonchev–Trinajstić information content (AvgIpc) is 2.58. The number of rotatable bonds is 8. The van der Waals surface area contributed by atoms with Crippen LogP contribution in [0, 0.1) is 0 Å². The van der Waals surface area contributed by atoms with Gasteiger partial charge in [0.1, 0.15) is 0 Å². The van der Waals surface area contributed by atoms with Crippen molar-refractivity contribution in [2.75, 3.05) is 7.05 Å². The van der Waals surface area contributed by atoms with Crippen LogP contribution in [0.1, 0.15) is 0 Å². The van der Waals surface area contributed by atoms with Gasteiger partial charge in [-0.15, -0.1) is 0 Å². The van der Waals surface area contributed by atoms with Crippen molar-refractivity contribution < 1.29 is 93.0 Å². The van der Waals surface area contributed by atoms with Gasteiger partial charge >= 0.3 is 57.0 Å². The number of nitrogens with zero attached hydrogens (tertiary/aromatic N) is 1. The van der Waals surface area contributed by atoms with Crippen LogP contribution >= 0.6 is 0 Å². The minimum absolute atomic E-state index is 0.683. The van der Waals surface area contributed by atoms with E-state index in [9.17, 15) is 93.0 Å². The molecule has 0 spiro atoms. The van der Waals surface area contributed by atoms with E-state index in [1.54, 1.807) is 0 Å². The molecule has 198 valence electrons. The normalized spacial score (nSPS) is 16.1. The molecule has 0 unspecified atom stereocenters. The van der Waals surface area contributed by atoms with Gasteiger partial charge in [-0.1, -0.05) is 0 Å². The Morgan fingerprint density at radius 1 is 0.576 bits per heavy atom. The van der Waals surface area contributed by atoms with Crippen LogP contribution in [0.5, 0.6) is 0 Å². The third-order valence-corrected chi connectivity index (χ3v) is 5.41. The fourth-order valence-electron chi connectivity index (χ4n) is 1.58. The smallest absolute Gasteiger partial charge is 0.460 e. The molecule has 5 nitrogen and oxygen atoms in total. The van der Waals surface area contributed by atoms with E-state index in [1.165, 1.54) is 0 Å². The summed E-state index contributed by atoms with van der Waals surface area (Å²) < 4.78 is 241. The van der Waals surface area contributed by atoms with Crippen LogP contribution in [0.25, 0.3) is 0 Å². The zero-order valence-electron chi connectivity index (χ0n) is 14.4. The monoisotopic (exact) mass is 556 g/mol. The predicted octanol–water partition coefficient (Wildman–Crippen LogP) is 3.56. The zero-order valence-corrected chi connectivity index (χ0v) is 15.2. The molecule has 23 heteroatoms. The topological polar surface area (TPSA) is 77.5 Å². The third kappa shape index (κ3) is 3.68. The summed E-state index contributed by atoms with van der Waals surface area (Å²) in [7, 11) is -8.54. The van der Waals surface area contributed by atoms with Gasteiger partial charge in [-0.2, -0.15) is 83.1 Å². The van der Waals surface area contributed by atoms with E-state index >= 15 is 0 Å². The molecule has 0 N–H and O–H groups in total. The highest BCUT2D eigenvalue weighted by Crippen LogP contribution is 2.64. The van der Waals surface area contributed by atoms with Crippen molar-refractivity contribution in [2.24, 2.45) is 0 Å². The Morgan fingerprint density at radius 2 is 0.818 bits per heavy atom. The van der Waals surface area contributed by atoms with Gasteiger partial charge in [0.2, 0.25) is 0 Å². The first-order valence-electron chi connectivity index (χ1n) is 6.76. The first kappa shape index (κ1) is 31.0. The standard InChI is InChI=1S/C10H4F17NO4S/c1-28(2(29)30)33(31,32)10(26,27)8(21,22)6(17,18)4(13,14)3(11,12)5(15,16)7(19,20)9(23,24)25/h1H3,(H,29,30)/p-1. The van der Waals surface area contributed by atoms with Crippen molar-refractivity contribution in [1.82, 2.24) is 4.31 Å². The number of sulfonamides is 1. The number of carbonyl (C=O) groups is 1. The molecule has 0 rings (SSSR count). The van der Waals surface area contributed by atoms with Gasteiger partial charge in [-0.3, -0.25) is 4.31 Å². The van der Waals surface area contributed by atoms with Crippen LogP contribution in [0.15, 0.2) is 0 Å². The van der Waals surface area contributed by atoms with E-state index in [-0.39, 0.29) is 0 Å². The van der Waals surface area contributed by atoms with Gasteiger partial charge in [0.05, 0.1) is 0 Å². The second-order valence-electron chi connectivity index (χ2n) is 5.70. The van der Waals surface area contributed by atoms with Gasteiger partial charge in [0, 0.05) is 7.05 Å². The predicted molar refractivity (Wildman–Crippen MR) is 62.8 cm³/mol. The summed E-state index contributed by atoms with van der Waals surface area (Å²) >= 11 is 0. The maximum atomic E-state index is 13.5. The Labute approximate surface area is 168 Å². The Balaban J connectivity index is 7.06. The molecule has 0 saturated carbocycles. The number of carbonyl (C=O) groups excluding carboxylic acids is 1. The molecule has 0 aliphatic heterocycles. The summed E-state index contributed by atoms with van der Waals surface area (Å²) in [6, 6.07) is 0. The molecule has 0 aromatic heterocycles. The minimum atomic E-state index is -8.99. The van der Waals surface area contributed by atoms with Crippen LogP contribution < -0.4 is 5.11 Å². The summed E-state index contributed by atoms with van der Waals surface area (Å²) in [6.07, 6.45) is -11.4. The molecule has 1 amide bonds. The van der Waals surface area contributed by atoms with E-state index in [4.69, 9.17) is 0 Å². The largest absolute Gasteiger partial charge is 0.529 e. The van der Waals surface area contributed by atoms with E-state index in [0.717, 1.165) is 0 Å². The first-order valence-corrected chi connectivity index (χ1v) is 8.20. The highest BCUT2D eigenvalue weighted by Gasteiger charge is 2.96. The number of hydrogen-bond acceptors (Lipinski definition) is 4. The van der Waals surface area contributed by atoms with Crippen molar-refractivity contribution in [3.63, 3.8) is 0 Å². The molecular weight excluding hydrogens is 553 g/mol. The molecule has 0 aliphatic rings. The van der Waals surface area contributed by atoms with Gasteiger partial charge in [0.25, 0.3) is 0 Å². The van der Waals surface area contributed by atoms with Gasteiger partial charge < -0.3 is 9.90 Å². The Morgan fingerprint density at radius 3 is 1.06 bits per heavy atom. The Kier molecular flexibility index (Phi) is 7.07. The number of hydrogen-bond donors (Lipinski definition) is 0. The molecule has 0 heterocycles. The SMILES string of the molecule is CN(C(=O)[O-])S(=O)(=O)C(F)(F)C(F)(F)C(F)(F)C(F)(F)C(F)(F)C(F)(F)C(F)(F)C(F)(F)F. The van der Waals surface area contributed by atoms with Crippen LogP contribution in [-0.4, -0.2) is 72.8 Å². The lowest BCUT2D eigenvalue weighted by atomic mass is 9.91. The molecule has 0 aromatic carbocycles. The van der Waals surface area contributed by atoms with Gasteiger partial charge in [0.15, 0.2) is 6.09 Å². The molecule has 0 aromatic rings. The number of amides is 1. The molecule has 33 heavy (non-hydrogen) atoms. The summed E-state index contributed by atoms with van der Waals surface area (Å²) in [5, 5.41) is 2.24. The summed E-state index contributed by atoms with van der Waals surface area (Å²) in [5.74, 6) is -52.5. The van der Waals surface area contributed by atoms with E-state index in [1.807, 2.05) is 0 Å². The van der Waals surface area contributed by atoms with Gasteiger partial charge in [-0.25, -0.2) is 0 Å². The Hall–Kier alpha value is -1.97. The lowest BCUT2D eigenvalue weighted by molar-refractivity contribution is -0.458. The lowest BCUT2D eigenvalue weighted by Crippen LogP contribution is -2.75. The van der Waals surface area contributed by atoms with E-state index < -0.39 is 74.4 Å². The number of carboxylic acid groups (broad SMARTS) is 1. The van der Waals surface area contributed by atoms with Crippen LogP contribution in [0.3, 0.4) is 0 Å². The van der Waals surface area contributed by atoms with Crippen molar-refractivity contribution in [3.8, 4) is 0 Å². The fourth-order valence-corrected chi connectivity index (χ4v) is 2.57. The van der Waals surface area contributed by atoms with E-state index in [0.29, 0.717) is 0 Å². The molecule has 0 saturated heterocycles. The molecular formula is C10H3F17NO4S-. The average molecular weight is 556 g/mol. The molecule has 0 radical (unpaired) electrons.